The Hall–Kier alpha value is -0.800. The largest absolute Gasteiger partial charge is 0.305 e. The molecule has 19 heavy (non-hydrogen) atoms. The van der Waals surface area contributed by atoms with Crippen LogP contribution in [0.4, 0.5) is 0 Å². The highest BCUT2D eigenvalue weighted by molar-refractivity contribution is 6.31. The van der Waals surface area contributed by atoms with E-state index in [-0.39, 0.29) is 10.9 Å². The normalized spacial score (nSPS) is 19.4. The molecule has 2 heterocycles. The minimum Gasteiger partial charge on any atom is -0.305 e. The van der Waals surface area contributed by atoms with Crippen molar-refractivity contribution < 1.29 is 0 Å². The van der Waals surface area contributed by atoms with Crippen molar-refractivity contribution in [1.82, 2.24) is 14.5 Å². The van der Waals surface area contributed by atoms with E-state index in [1.54, 1.807) is 6.20 Å². The van der Waals surface area contributed by atoms with E-state index in [0.29, 0.717) is 5.02 Å². The topological polar surface area (TPSA) is 30.7 Å². The van der Waals surface area contributed by atoms with Crippen molar-refractivity contribution in [2.75, 3.05) is 0 Å². The van der Waals surface area contributed by atoms with Crippen LogP contribution in [0.1, 0.15) is 50.7 Å². The summed E-state index contributed by atoms with van der Waals surface area (Å²) in [6.07, 6.45) is 6.38. The number of halogens is 2. The fraction of sp³-hybridized carbons (Fsp3) is 0.571. The van der Waals surface area contributed by atoms with Gasteiger partial charge in [0.15, 0.2) is 5.65 Å². The van der Waals surface area contributed by atoms with Crippen LogP contribution < -0.4 is 0 Å². The summed E-state index contributed by atoms with van der Waals surface area (Å²) in [6, 6.07) is 1.87. The second-order valence-electron chi connectivity index (χ2n) is 5.35. The summed E-state index contributed by atoms with van der Waals surface area (Å²) in [5.41, 5.74) is 1.90. The number of hydrogen-bond acceptors (Lipinski definition) is 2. The van der Waals surface area contributed by atoms with Gasteiger partial charge in [0.05, 0.1) is 10.4 Å². The van der Waals surface area contributed by atoms with Crippen LogP contribution in [0.3, 0.4) is 0 Å². The monoisotopic (exact) mass is 297 g/mol. The van der Waals surface area contributed by atoms with Crippen LogP contribution in [0, 0.1) is 0 Å². The number of hydrogen-bond donors (Lipinski definition) is 0. The van der Waals surface area contributed by atoms with E-state index in [0.717, 1.165) is 23.4 Å². The first-order valence-electron chi connectivity index (χ1n) is 6.76. The van der Waals surface area contributed by atoms with Crippen LogP contribution >= 0.6 is 23.2 Å². The summed E-state index contributed by atoms with van der Waals surface area (Å²) < 4.78 is 2.26. The maximum absolute atomic E-state index is 6.32. The van der Waals surface area contributed by atoms with Gasteiger partial charge in [0, 0.05) is 11.7 Å². The molecule has 0 spiro atoms. The van der Waals surface area contributed by atoms with E-state index < -0.39 is 0 Å². The van der Waals surface area contributed by atoms with E-state index in [4.69, 9.17) is 23.2 Å². The summed E-state index contributed by atoms with van der Waals surface area (Å²) in [5, 5.41) is 0.488. The Morgan fingerprint density at radius 2 is 2.21 bits per heavy atom. The van der Waals surface area contributed by atoms with Gasteiger partial charge in [-0.05, 0) is 38.7 Å². The second kappa shape index (κ2) is 4.64. The van der Waals surface area contributed by atoms with Crippen molar-refractivity contribution in [1.29, 1.82) is 0 Å². The van der Waals surface area contributed by atoms with Gasteiger partial charge < -0.3 is 4.57 Å². The lowest BCUT2D eigenvalue weighted by Crippen LogP contribution is -2.41. The molecular weight excluding hydrogens is 281 g/mol. The van der Waals surface area contributed by atoms with Crippen molar-refractivity contribution in [3.63, 3.8) is 0 Å². The Balaban J connectivity index is 2.28. The fourth-order valence-electron chi connectivity index (χ4n) is 3.01. The smallest absolute Gasteiger partial charge is 0.160 e. The number of rotatable bonds is 3. The number of imidazole rings is 1. The number of nitrogens with zero attached hydrogens (tertiary/aromatic N) is 3. The van der Waals surface area contributed by atoms with E-state index in [9.17, 15) is 0 Å². The molecule has 102 valence electrons. The molecule has 1 fully saturated rings. The molecule has 2 aromatic rings. The molecule has 0 aliphatic heterocycles. The van der Waals surface area contributed by atoms with Gasteiger partial charge in [-0.25, -0.2) is 9.97 Å². The average Bonchev–Trinajstić information content (AvgIpc) is 2.68. The highest BCUT2D eigenvalue weighted by Crippen LogP contribution is 2.45. The van der Waals surface area contributed by atoms with Gasteiger partial charge in [0.25, 0.3) is 0 Å². The number of aromatic nitrogens is 3. The minimum absolute atomic E-state index is 0.128. The molecule has 0 N–H and O–H groups in total. The second-order valence-corrected chi connectivity index (χ2v) is 6.44. The average molecular weight is 298 g/mol. The molecule has 3 rings (SSSR count). The third-order valence-electron chi connectivity index (χ3n) is 4.26. The quantitative estimate of drug-likeness (QED) is 0.771. The van der Waals surface area contributed by atoms with E-state index in [1.807, 2.05) is 13.0 Å². The molecule has 5 heteroatoms. The molecule has 0 saturated heterocycles. The maximum Gasteiger partial charge on any atom is 0.160 e. The summed E-state index contributed by atoms with van der Waals surface area (Å²) >= 11 is 12.3. The Bertz CT molecular complexity index is 609. The lowest BCUT2D eigenvalue weighted by Gasteiger charge is -2.43. The summed E-state index contributed by atoms with van der Waals surface area (Å²) in [6.45, 7) is 4.19. The first-order valence-corrected chi connectivity index (χ1v) is 7.57. The van der Waals surface area contributed by atoms with E-state index in [1.165, 1.54) is 19.3 Å². The number of pyridine rings is 1. The molecule has 0 amide bonds. The number of alkyl halides is 1. The zero-order valence-electron chi connectivity index (χ0n) is 11.2. The predicted octanol–water partition coefficient (Wildman–Crippen LogP) is 4.67. The van der Waals surface area contributed by atoms with E-state index in [2.05, 4.69) is 21.5 Å². The van der Waals surface area contributed by atoms with E-state index >= 15 is 0 Å². The minimum atomic E-state index is -0.128. The molecule has 0 radical (unpaired) electrons. The number of fused-ring (bicyclic) bond motifs is 1. The van der Waals surface area contributed by atoms with Crippen LogP contribution in [0.5, 0.6) is 0 Å². The van der Waals surface area contributed by atoms with Crippen molar-refractivity contribution in [2.24, 2.45) is 0 Å². The summed E-state index contributed by atoms with van der Waals surface area (Å²) in [4.78, 5) is 9.14. The highest BCUT2D eigenvalue weighted by Gasteiger charge is 2.40. The summed E-state index contributed by atoms with van der Waals surface area (Å²) in [5.74, 6) is 0.910. The third kappa shape index (κ3) is 1.95. The standard InChI is InChI=1S/C14H17Cl2N3/c1-3-14(5-4-6-14)19-12(9(2)15)18-11-7-10(16)8-17-13(11)19/h7-9H,3-6H2,1-2H3. The molecule has 2 aromatic heterocycles. The van der Waals surface area contributed by atoms with Crippen LogP contribution in [0.25, 0.3) is 11.2 Å². The fourth-order valence-corrected chi connectivity index (χ4v) is 3.31. The highest BCUT2D eigenvalue weighted by atomic mass is 35.5. The SMILES string of the molecule is CCC1(n2c(C(C)Cl)nc3cc(Cl)cnc32)CCC1. The third-order valence-corrected chi connectivity index (χ3v) is 4.66. The van der Waals surface area contributed by atoms with Gasteiger partial charge in [-0.15, -0.1) is 11.6 Å². The van der Waals surface area contributed by atoms with Crippen molar-refractivity contribution in [2.45, 2.75) is 50.4 Å². The molecular formula is C14H17Cl2N3. The molecule has 0 bridgehead atoms. The lowest BCUT2D eigenvalue weighted by atomic mass is 9.74. The van der Waals surface area contributed by atoms with Crippen LogP contribution in [-0.4, -0.2) is 14.5 Å². The molecule has 1 unspecified atom stereocenters. The predicted molar refractivity (Wildman–Crippen MR) is 78.9 cm³/mol. The van der Waals surface area contributed by atoms with Gasteiger partial charge in [-0.3, -0.25) is 0 Å². The maximum atomic E-state index is 6.32. The Labute approximate surface area is 122 Å². The van der Waals surface area contributed by atoms with Gasteiger partial charge in [0.2, 0.25) is 0 Å². The van der Waals surface area contributed by atoms with Crippen molar-refractivity contribution >= 4 is 34.4 Å². The molecule has 1 aliphatic rings. The molecule has 1 aliphatic carbocycles. The van der Waals surface area contributed by atoms with Gasteiger partial charge in [0.1, 0.15) is 11.3 Å². The van der Waals surface area contributed by atoms with Gasteiger partial charge >= 0.3 is 0 Å². The van der Waals surface area contributed by atoms with Crippen LogP contribution in [-0.2, 0) is 5.54 Å². The Kier molecular flexibility index (Phi) is 3.22. The van der Waals surface area contributed by atoms with Crippen molar-refractivity contribution in [3.05, 3.63) is 23.1 Å². The lowest BCUT2D eigenvalue weighted by molar-refractivity contribution is 0.136. The molecule has 1 saturated carbocycles. The first kappa shape index (κ1) is 13.2. The van der Waals surface area contributed by atoms with Crippen LogP contribution in [0.15, 0.2) is 12.3 Å². The summed E-state index contributed by atoms with van der Waals surface area (Å²) in [7, 11) is 0. The first-order chi connectivity index (χ1) is 9.07. The molecule has 1 atom stereocenters. The molecule has 3 nitrogen and oxygen atoms in total. The Morgan fingerprint density at radius 1 is 1.47 bits per heavy atom. The van der Waals surface area contributed by atoms with Gasteiger partial charge in [-0.2, -0.15) is 0 Å². The molecule has 0 aromatic carbocycles. The van der Waals surface area contributed by atoms with Crippen LogP contribution in [0.2, 0.25) is 5.02 Å². The van der Waals surface area contributed by atoms with Gasteiger partial charge in [-0.1, -0.05) is 18.5 Å². The zero-order chi connectivity index (χ0) is 13.6. The van der Waals surface area contributed by atoms with Crippen molar-refractivity contribution in [3.8, 4) is 0 Å². The Morgan fingerprint density at radius 3 is 2.74 bits per heavy atom. The zero-order valence-corrected chi connectivity index (χ0v) is 12.7.